The van der Waals surface area contributed by atoms with E-state index in [2.05, 4.69) is 0 Å². The predicted molar refractivity (Wildman–Crippen MR) is 97.5 cm³/mol. The standard InChI is InChI=1S/C18H24N2O5S/c1-14(18(19)22)25-17(21)11-8-15-6-9-16(10-7-15)26(23,24)20-12-4-2-3-5-13-20/h6-11,14H,2-5,12-13H2,1H3,(H2,19,22)/b11-8+/t14-/m1/s1. The van der Waals surface area contributed by atoms with Crippen LogP contribution in [0.1, 0.15) is 38.2 Å². The topological polar surface area (TPSA) is 107 Å². The van der Waals surface area contributed by atoms with Gasteiger partial charge in [-0.25, -0.2) is 13.2 Å². The van der Waals surface area contributed by atoms with Crippen LogP contribution in [0, 0.1) is 0 Å². The molecule has 0 aromatic heterocycles. The van der Waals surface area contributed by atoms with Crippen molar-refractivity contribution >= 4 is 28.0 Å². The van der Waals surface area contributed by atoms with Crippen LogP contribution in [0.4, 0.5) is 0 Å². The summed E-state index contributed by atoms with van der Waals surface area (Å²) in [6.07, 6.45) is 5.52. The highest BCUT2D eigenvalue weighted by atomic mass is 32.2. The number of hydrogen-bond acceptors (Lipinski definition) is 5. The second-order valence-electron chi connectivity index (χ2n) is 6.20. The number of nitrogens with two attached hydrogens (primary N) is 1. The third kappa shape index (κ3) is 5.40. The maximum Gasteiger partial charge on any atom is 0.331 e. The van der Waals surface area contributed by atoms with Gasteiger partial charge in [-0.2, -0.15) is 4.31 Å². The third-order valence-electron chi connectivity index (χ3n) is 4.19. The first-order valence-electron chi connectivity index (χ1n) is 8.59. The molecule has 7 nitrogen and oxygen atoms in total. The van der Waals surface area contributed by atoms with Gasteiger partial charge in [-0.3, -0.25) is 4.79 Å². The molecule has 1 aliphatic rings. The quantitative estimate of drug-likeness (QED) is 0.597. The lowest BCUT2D eigenvalue weighted by atomic mass is 10.2. The van der Waals surface area contributed by atoms with Gasteiger partial charge >= 0.3 is 5.97 Å². The third-order valence-corrected chi connectivity index (χ3v) is 6.10. The Morgan fingerprint density at radius 3 is 2.23 bits per heavy atom. The van der Waals surface area contributed by atoms with E-state index in [9.17, 15) is 18.0 Å². The van der Waals surface area contributed by atoms with Crippen LogP contribution in [0.25, 0.3) is 6.08 Å². The van der Waals surface area contributed by atoms with Crippen molar-refractivity contribution in [1.82, 2.24) is 4.31 Å². The van der Waals surface area contributed by atoms with Gasteiger partial charge in [0.05, 0.1) is 4.90 Å². The molecular formula is C18H24N2O5S. The average molecular weight is 380 g/mol. The molecule has 0 spiro atoms. The Morgan fingerprint density at radius 1 is 1.12 bits per heavy atom. The van der Waals surface area contributed by atoms with Crippen LogP contribution in [0.5, 0.6) is 0 Å². The Morgan fingerprint density at radius 2 is 1.69 bits per heavy atom. The molecule has 1 aromatic carbocycles. The number of carbonyl (C=O) groups is 2. The van der Waals surface area contributed by atoms with Crippen molar-refractivity contribution in [1.29, 1.82) is 0 Å². The van der Waals surface area contributed by atoms with E-state index >= 15 is 0 Å². The number of hydrogen-bond donors (Lipinski definition) is 1. The maximum absolute atomic E-state index is 12.7. The molecule has 0 bridgehead atoms. The number of rotatable bonds is 6. The molecule has 1 aromatic rings. The fourth-order valence-corrected chi connectivity index (χ4v) is 4.13. The van der Waals surface area contributed by atoms with Crippen molar-refractivity contribution in [3.05, 3.63) is 35.9 Å². The van der Waals surface area contributed by atoms with E-state index in [4.69, 9.17) is 10.5 Å². The summed E-state index contributed by atoms with van der Waals surface area (Å²) >= 11 is 0. The van der Waals surface area contributed by atoms with E-state index in [1.54, 1.807) is 12.1 Å². The van der Waals surface area contributed by atoms with E-state index in [1.807, 2.05) is 0 Å². The maximum atomic E-state index is 12.7. The molecular weight excluding hydrogens is 356 g/mol. The number of nitrogens with zero attached hydrogens (tertiary/aromatic N) is 1. The van der Waals surface area contributed by atoms with Gasteiger partial charge < -0.3 is 10.5 Å². The number of amides is 1. The van der Waals surface area contributed by atoms with Gasteiger partial charge in [0, 0.05) is 19.2 Å². The van der Waals surface area contributed by atoms with Crippen molar-refractivity contribution < 1.29 is 22.7 Å². The Balaban J connectivity index is 2.04. The molecule has 1 heterocycles. The van der Waals surface area contributed by atoms with E-state index in [0.717, 1.165) is 31.8 Å². The monoisotopic (exact) mass is 380 g/mol. The van der Waals surface area contributed by atoms with Gasteiger partial charge in [0.2, 0.25) is 10.0 Å². The summed E-state index contributed by atoms with van der Waals surface area (Å²) < 4.78 is 31.7. The predicted octanol–water partition coefficient (Wildman–Crippen LogP) is 1.68. The molecule has 1 saturated heterocycles. The summed E-state index contributed by atoms with van der Waals surface area (Å²) in [7, 11) is -3.49. The number of carbonyl (C=O) groups excluding carboxylic acids is 2. The molecule has 1 amide bonds. The van der Waals surface area contributed by atoms with Gasteiger partial charge in [-0.1, -0.05) is 25.0 Å². The van der Waals surface area contributed by atoms with Crippen LogP contribution < -0.4 is 5.73 Å². The van der Waals surface area contributed by atoms with Crippen molar-refractivity contribution in [2.24, 2.45) is 5.73 Å². The lowest BCUT2D eigenvalue weighted by Gasteiger charge is -2.19. The molecule has 0 saturated carbocycles. The Labute approximate surface area is 153 Å². The van der Waals surface area contributed by atoms with Crippen molar-refractivity contribution in [3.8, 4) is 0 Å². The van der Waals surface area contributed by atoms with E-state index in [1.165, 1.54) is 29.4 Å². The summed E-state index contributed by atoms with van der Waals surface area (Å²) in [5.41, 5.74) is 5.66. The molecule has 2 N–H and O–H groups in total. The second kappa shape index (κ2) is 8.95. The SMILES string of the molecule is C[C@@H](OC(=O)/C=C/c1ccc(S(=O)(=O)N2CCCCCC2)cc1)C(N)=O. The van der Waals surface area contributed by atoms with Crippen LogP contribution in [-0.4, -0.2) is 43.8 Å². The van der Waals surface area contributed by atoms with Crippen molar-refractivity contribution in [2.45, 2.75) is 43.6 Å². The highest BCUT2D eigenvalue weighted by Crippen LogP contribution is 2.21. The summed E-state index contributed by atoms with van der Waals surface area (Å²) in [6, 6.07) is 6.28. The van der Waals surface area contributed by atoms with Gasteiger partial charge in [0.15, 0.2) is 6.10 Å². The highest BCUT2D eigenvalue weighted by Gasteiger charge is 2.24. The molecule has 1 atom stereocenters. The first-order chi connectivity index (χ1) is 12.3. The minimum atomic E-state index is -3.49. The number of sulfonamides is 1. The molecule has 1 aliphatic heterocycles. The minimum absolute atomic E-state index is 0.237. The first kappa shape index (κ1) is 20.1. The summed E-state index contributed by atoms with van der Waals surface area (Å²) in [4.78, 5) is 22.7. The molecule has 142 valence electrons. The minimum Gasteiger partial charge on any atom is -0.449 e. The molecule has 0 aliphatic carbocycles. The van der Waals surface area contributed by atoms with Gasteiger partial charge in [-0.05, 0) is 43.5 Å². The zero-order chi connectivity index (χ0) is 19.2. The van der Waals surface area contributed by atoms with Crippen molar-refractivity contribution in [3.63, 3.8) is 0 Å². The second-order valence-corrected chi connectivity index (χ2v) is 8.14. The fourth-order valence-electron chi connectivity index (χ4n) is 2.62. The fraction of sp³-hybridized carbons (Fsp3) is 0.444. The number of ether oxygens (including phenoxy) is 1. The largest absolute Gasteiger partial charge is 0.449 e. The first-order valence-corrected chi connectivity index (χ1v) is 10.0. The van der Waals surface area contributed by atoms with Gasteiger partial charge in [0.25, 0.3) is 5.91 Å². The van der Waals surface area contributed by atoms with E-state index in [-0.39, 0.29) is 4.90 Å². The normalized spacial score (nSPS) is 17.6. The van der Waals surface area contributed by atoms with Gasteiger partial charge in [0.1, 0.15) is 0 Å². The van der Waals surface area contributed by atoms with E-state index in [0.29, 0.717) is 18.7 Å². The van der Waals surface area contributed by atoms with Crippen molar-refractivity contribution in [2.75, 3.05) is 13.1 Å². The zero-order valence-electron chi connectivity index (χ0n) is 14.8. The molecule has 1 fully saturated rings. The molecule has 0 radical (unpaired) electrons. The number of primary amides is 1. The van der Waals surface area contributed by atoms with Gasteiger partial charge in [-0.15, -0.1) is 0 Å². The Kier molecular flexibility index (Phi) is 6.93. The van der Waals surface area contributed by atoms with E-state index < -0.39 is 28.0 Å². The zero-order valence-corrected chi connectivity index (χ0v) is 15.6. The van der Waals surface area contributed by atoms with Crippen LogP contribution in [0.3, 0.4) is 0 Å². The molecule has 8 heteroatoms. The molecule has 0 unspecified atom stereocenters. The average Bonchev–Trinajstić information content (AvgIpc) is 2.90. The lowest BCUT2D eigenvalue weighted by molar-refractivity contribution is -0.148. The van der Waals surface area contributed by atoms with Crippen LogP contribution >= 0.6 is 0 Å². The lowest BCUT2D eigenvalue weighted by Crippen LogP contribution is -2.31. The van der Waals surface area contributed by atoms with Crippen LogP contribution in [-0.2, 0) is 24.3 Å². The van der Waals surface area contributed by atoms with Crippen LogP contribution in [0.2, 0.25) is 0 Å². The Bertz CT molecular complexity index is 763. The summed E-state index contributed by atoms with van der Waals surface area (Å²) in [5, 5.41) is 0. The molecule has 26 heavy (non-hydrogen) atoms. The summed E-state index contributed by atoms with van der Waals surface area (Å²) in [6.45, 7) is 2.48. The number of esters is 1. The summed E-state index contributed by atoms with van der Waals surface area (Å²) in [5.74, 6) is -1.42. The molecule has 2 rings (SSSR count). The highest BCUT2D eigenvalue weighted by molar-refractivity contribution is 7.89. The smallest absolute Gasteiger partial charge is 0.331 e. The Hall–Kier alpha value is -2.19. The van der Waals surface area contributed by atoms with Crippen LogP contribution in [0.15, 0.2) is 35.2 Å². The number of benzene rings is 1.